The number of hydrogen-bond donors (Lipinski definition) is 1. The Morgan fingerprint density at radius 1 is 1.17 bits per heavy atom. The van der Waals surface area contributed by atoms with Crippen LogP contribution in [0.2, 0.25) is 0 Å². The van der Waals surface area contributed by atoms with E-state index in [9.17, 15) is 0 Å². The Bertz CT molecular complexity index is 206. The van der Waals surface area contributed by atoms with E-state index < -0.39 is 0 Å². The second-order valence-corrected chi connectivity index (χ2v) is 2.84. The first-order valence-electron chi connectivity index (χ1n) is 4.03. The lowest BCUT2D eigenvalue weighted by atomic mass is 10.1. The molecule has 0 aromatic heterocycles. The van der Waals surface area contributed by atoms with Crippen LogP contribution in [0.5, 0.6) is 0 Å². The van der Waals surface area contributed by atoms with Crippen LogP contribution in [0.4, 0.5) is 0 Å². The Hall–Kier alpha value is -0.530. The molecule has 0 unspecified atom stereocenters. The molecule has 0 atom stereocenters. The van der Waals surface area contributed by atoms with Gasteiger partial charge in [-0.2, -0.15) is 0 Å². The van der Waals surface area contributed by atoms with Crippen molar-refractivity contribution in [2.75, 3.05) is 13.6 Å². The third-order valence-corrected chi connectivity index (χ3v) is 1.78. The molecular formula is C10H16ClN. The minimum Gasteiger partial charge on any atom is -0.319 e. The highest BCUT2D eigenvalue weighted by atomic mass is 35.5. The van der Waals surface area contributed by atoms with E-state index in [2.05, 4.69) is 36.5 Å². The van der Waals surface area contributed by atoms with Crippen molar-refractivity contribution in [3.05, 3.63) is 35.4 Å². The molecule has 2 heteroatoms. The average molecular weight is 186 g/mol. The predicted octanol–water partition coefficient (Wildman–Crippen LogP) is 2.18. The lowest BCUT2D eigenvalue weighted by Crippen LogP contribution is -2.10. The maximum atomic E-state index is 3.13. The molecule has 68 valence electrons. The Morgan fingerprint density at radius 2 is 1.75 bits per heavy atom. The molecule has 0 saturated carbocycles. The maximum Gasteiger partial charge on any atom is -0.00114 e. The third-order valence-electron chi connectivity index (χ3n) is 1.78. The first-order valence-corrected chi connectivity index (χ1v) is 4.03. The van der Waals surface area contributed by atoms with E-state index in [0.29, 0.717) is 0 Å². The summed E-state index contributed by atoms with van der Waals surface area (Å²) >= 11 is 0. The number of rotatable bonds is 3. The largest absolute Gasteiger partial charge is 0.319 e. The van der Waals surface area contributed by atoms with Crippen molar-refractivity contribution < 1.29 is 0 Å². The number of hydrogen-bond acceptors (Lipinski definition) is 1. The second-order valence-electron chi connectivity index (χ2n) is 2.84. The van der Waals surface area contributed by atoms with Gasteiger partial charge in [0.05, 0.1) is 0 Å². The van der Waals surface area contributed by atoms with Crippen molar-refractivity contribution in [3.63, 3.8) is 0 Å². The molecule has 0 saturated heterocycles. The molecule has 1 nitrogen and oxygen atoms in total. The van der Waals surface area contributed by atoms with Gasteiger partial charge < -0.3 is 5.32 Å². The van der Waals surface area contributed by atoms with Crippen molar-refractivity contribution in [1.82, 2.24) is 5.32 Å². The van der Waals surface area contributed by atoms with Gasteiger partial charge in [-0.3, -0.25) is 0 Å². The molecule has 0 amide bonds. The van der Waals surface area contributed by atoms with Crippen molar-refractivity contribution in [1.29, 1.82) is 0 Å². The van der Waals surface area contributed by atoms with E-state index in [-0.39, 0.29) is 12.4 Å². The quantitative estimate of drug-likeness (QED) is 0.762. The van der Waals surface area contributed by atoms with Crippen molar-refractivity contribution in [2.24, 2.45) is 0 Å². The van der Waals surface area contributed by atoms with E-state index in [0.717, 1.165) is 13.0 Å². The van der Waals surface area contributed by atoms with Crippen LogP contribution in [0.3, 0.4) is 0 Å². The highest BCUT2D eigenvalue weighted by molar-refractivity contribution is 5.85. The van der Waals surface area contributed by atoms with Gasteiger partial charge in [0.15, 0.2) is 0 Å². The van der Waals surface area contributed by atoms with E-state index in [4.69, 9.17) is 0 Å². The predicted molar refractivity (Wildman–Crippen MR) is 56.1 cm³/mol. The molecule has 0 fully saturated rings. The first-order chi connectivity index (χ1) is 5.33. The minimum atomic E-state index is 0. The van der Waals surface area contributed by atoms with Gasteiger partial charge in [0.2, 0.25) is 0 Å². The summed E-state index contributed by atoms with van der Waals surface area (Å²) in [4.78, 5) is 0. The van der Waals surface area contributed by atoms with Crippen LogP contribution in [-0.4, -0.2) is 13.6 Å². The Morgan fingerprint density at radius 3 is 2.25 bits per heavy atom. The summed E-state index contributed by atoms with van der Waals surface area (Å²) in [5.74, 6) is 0. The van der Waals surface area contributed by atoms with Gasteiger partial charge in [-0.05, 0) is 32.5 Å². The second kappa shape index (κ2) is 6.04. The van der Waals surface area contributed by atoms with Crippen molar-refractivity contribution in [2.45, 2.75) is 13.3 Å². The fourth-order valence-electron chi connectivity index (χ4n) is 1.02. The van der Waals surface area contributed by atoms with Crippen LogP contribution in [0, 0.1) is 6.92 Å². The monoisotopic (exact) mass is 185 g/mol. The summed E-state index contributed by atoms with van der Waals surface area (Å²) in [6.07, 6.45) is 1.12. The highest BCUT2D eigenvalue weighted by Gasteiger charge is 1.89. The van der Waals surface area contributed by atoms with Gasteiger partial charge in [0.1, 0.15) is 0 Å². The molecule has 0 aliphatic carbocycles. The zero-order valence-electron chi connectivity index (χ0n) is 7.63. The number of halogens is 1. The van der Waals surface area contributed by atoms with Gasteiger partial charge in [0.25, 0.3) is 0 Å². The normalized spacial score (nSPS) is 9.17. The lowest BCUT2D eigenvalue weighted by molar-refractivity contribution is 0.791. The van der Waals surface area contributed by atoms with Crippen LogP contribution in [0.15, 0.2) is 24.3 Å². The van der Waals surface area contributed by atoms with Crippen molar-refractivity contribution in [3.8, 4) is 0 Å². The first kappa shape index (κ1) is 11.5. The van der Waals surface area contributed by atoms with Crippen LogP contribution in [0.1, 0.15) is 11.1 Å². The lowest BCUT2D eigenvalue weighted by Gasteiger charge is -2.00. The van der Waals surface area contributed by atoms with E-state index >= 15 is 0 Å². The number of benzene rings is 1. The van der Waals surface area contributed by atoms with Crippen LogP contribution >= 0.6 is 12.4 Å². The number of likely N-dealkylation sites (N-methyl/N-ethyl adjacent to an activating group) is 1. The summed E-state index contributed by atoms with van der Waals surface area (Å²) in [7, 11) is 1.98. The topological polar surface area (TPSA) is 12.0 Å². The minimum absolute atomic E-state index is 0. The van der Waals surface area contributed by atoms with Crippen molar-refractivity contribution >= 4 is 12.4 Å². The summed E-state index contributed by atoms with van der Waals surface area (Å²) < 4.78 is 0. The summed E-state index contributed by atoms with van der Waals surface area (Å²) in [6.45, 7) is 3.17. The van der Waals surface area contributed by atoms with Crippen LogP contribution in [0.25, 0.3) is 0 Å². The number of nitrogens with one attached hydrogen (secondary N) is 1. The molecule has 0 aliphatic heterocycles. The third kappa shape index (κ3) is 3.74. The van der Waals surface area contributed by atoms with Gasteiger partial charge in [-0.1, -0.05) is 29.8 Å². The molecule has 0 heterocycles. The Balaban J connectivity index is 0.00000121. The summed E-state index contributed by atoms with van der Waals surface area (Å²) in [5, 5.41) is 3.13. The molecule has 0 aliphatic rings. The van der Waals surface area contributed by atoms with Gasteiger partial charge in [-0.15, -0.1) is 12.4 Å². The SMILES string of the molecule is CNCCc1ccc(C)cc1.Cl. The molecule has 1 N–H and O–H groups in total. The molecule has 1 aromatic rings. The Kier molecular flexibility index (Phi) is 5.77. The fourth-order valence-corrected chi connectivity index (χ4v) is 1.02. The zero-order chi connectivity index (χ0) is 8.10. The summed E-state index contributed by atoms with van der Waals surface area (Å²) in [6, 6.07) is 8.69. The number of aryl methyl sites for hydroxylation is 1. The standard InChI is InChI=1S/C10H15N.ClH/c1-9-3-5-10(6-4-9)7-8-11-2;/h3-6,11H,7-8H2,1-2H3;1H. The van der Waals surface area contributed by atoms with Gasteiger partial charge >= 0.3 is 0 Å². The molecule has 12 heavy (non-hydrogen) atoms. The highest BCUT2D eigenvalue weighted by Crippen LogP contribution is 2.02. The van der Waals surface area contributed by atoms with Gasteiger partial charge in [0, 0.05) is 0 Å². The molecular weight excluding hydrogens is 170 g/mol. The maximum absolute atomic E-state index is 3.13. The zero-order valence-corrected chi connectivity index (χ0v) is 8.45. The molecule has 0 radical (unpaired) electrons. The summed E-state index contributed by atoms with van der Waals surface area (Å²) in [5.41, 5.74) is 2.74. The molecule has 1 rings (SSSR count). The van der Waals surface area contributed by atoms with E-state index in [1.54, 1.807) is 0 Å². The molecule has 1 aromatic carbocycles. The van der Waals surface area contributed by atoms with Crippen LogP contribution in [-0.2, 0) is 6.42 Å². The van der Waals surface area contributed by atoms with E-state index in [1.807, 2.05) is 7.05 Å². The smallest absolute Gasteiger partial charge is 0.00114 e. The average Bonchev–Trinajstić information content (AvgIpc) is 2.04. The Labute approximate surface area is 80.6 Å². The van der Waals surface area contributed by atoms with E-state index in [1.165, 1.54) is 11.1 Å². The fraction of sp³-hybridized carbons (Fsp3) is 0.400. The molecule has 0 bridgehead atoms. The van der Waals surface area contributed by atoms with Crippen LogP contribution < -0.4 is 5.32 Å². The van der Waals surface area contributed by atoms with Gasteiger partial charge in [-0.25, -0.2) is 0 Å². The molecule has 0 spiro atoms.